The first-order valence-electron chi connectivity index (χ1n) is 9.08. The van der Waals surface area contributed by atoms with Gasteiger partial charge in [-0.15, -0.1) is 23.7 Å². The Hall–Kier alpha value is -1.89. The first-order valence-corrected chi connectivity index (χ1v) is 9.96. The summed E-state index contributed by atoms with van der Waals surface area (Å²) in [5, 5.41) is 8.36. The van der Waals surface area contributed by atoms with Crippen molar-refractivity contribution in [3.05, 3.63) is 52.2 Å². The molecule has 7 heteroatoms. The highest BCUT2D eigenvalue weighted by Gasteiger charge is 2.36. The number of benzene rings is 1. The third kappa shape index (κ3) is 4.34. The standard InChI is InChI=1S/C20H23N3O2S.ClH/c1-23(17-11-15-7-8-16(12-17)21-15)20(25)13-4-2-5-14(10-13)22-19(24)18-6-3-9-26-18;/h2-6,9-10,15-17,21H,7-8,11-12H2,1H3,(H,22,24);1H. The lowest BCUT2D eigenvalue weighted by Crippen LogP contribution is -2.48. The lowest BCUT2D eigenvalue weighted by atomic mass is 9.98. The van der Waals surface area contributed by atoms with E-state index in [9.17, 15) is 9.59 Å². The molecule has 2 aliphatic heterocycles. The number of rotatable bonds is 4. The maximum absolute atomic E-state index is 12.9. The van der Waals surface area contributed by atoms with Crippen molar-refractivity contribution in [1.29, 1.82) is 0 Å². The fourth-order valence-corrected chi connectivity index (χ4v) is 4.66. The summed E-state index contributed by atoms with van der Waals surface area (Å²) >= 11 is 1.40. The van der Waals surface area contributed by atoms with Gasteiger partial charge in [0.1, 0.15) is 0 Å². The normalized spacial score (nSPS) is 23.4. The van der Waals surface area contributed by atoms with Crippen molar-refractivity contribution in [2.75, 3.05) is 12.4 Å². The van der Waals surface area contributed by atoms with Crippen molar-refractivity contribution in [3.8, 4) is 0 Å². The fraction of sp³-hybridized carbons (Fsp3) is 0.400. The van der Waals surface area contributed by atoms with E-state index in [4.69, 9.17) is 0 Å². The molecule has 2 atom stereocenters. The Balaban J connectivity index is 0.00000210. The Kier molecular flexibility index (Phi) is 6.19. The second kappa shape index (κ2) is 8.42. The molecule has 0 aliphatic carbocycles. The Labute approximate surface area is 169 Å². The van der Waals surface area contributed by atoms with Gasteiger partial charge in [0.15, 0.2) is 0 Å². The molecule has 2 bridgehead atoms. The third-order valence-electron chi connectivity index (χ3n) is 5.43. The predicted octanol–water partition coefficient (Wildman–Crippen LogP) is 3.78. The predicted molar refractivity (Wildman–Crippen MR) is 111 cm³/mol. The molecule has 1 aromatic carbocycles. The highest BCUT2D eigenvalue weighted by Crippen LogP contribution is 2.30. The van der Waals surface area contributed by atoms with Crippen LogP contribution < -0.4 is 10.6 Å². The molecule has 2 aromatic rings. The van der Waals surface area contributed by atoms with Crippen molar-refractivity contribution < 1.29 is 9.59 Å². The minimum atomic E-state index is -0.145. The fourth-order valence-electron chi connectivity index (χ4n) is 4.04. The average molecular weight is 406 g/mol. The maximum Gasteiger partial charge on any atom is 0.265 e. The van der Waals surface area contributed by atoms with Gasteiger partial charge in [-0.2, -0.15) is 0 Å². The van der Waals surface area contributed by atoms with Crippen LogP contribution in [0.4, 0.5) is 5.69 Å². The van der Waals surface area contributed by atoms with Crippen LogP contribution in [-0.2, 0) is 0 Å². The molecule has 0 saturated carbocycles. The molecule has 0 radical (unpaired) electrons. The van der Waals surface area contributed by atoms with Gasteiger partial charge in [-0.3, -0.25) is 9.59 Å². The molecule has 27 heavy (non-hydrogen) atoms. The van der Waals surface area contributed by atoms with Crippen LogP contribution in [0.1, 0.15) is 45.7 Å². The van der Waals surface area contributed by atoms with Gasteiger partial charge in [0.25, 0.3) is 11.8 Å². The average Bonchev–Trinajstić information content (AvgIpc) is 3.30. The van der Waals surface area contributed by atoms with E-state index in [1.807, 2.05) is 41.6 Å². The van der Waals surface area contributed by atoms with Crippen LogP contribution in [0, 0.1) is 0 Å². The van der Waals surface area contributed by atoms with Crippen LogP contribution in [0.3, 0.4) is 0 Å². The first kappa shape index (κ1) is 19.9. The van der Waals surface area contributed by atoms with Crippen molar-refractivity contribution in [2.24, 2.45) is 0 Å². The molecule has 0 spiro atoms. The van der Waals surface area contributed by atoms with Gasteiger partial charge >= 0.3 is 0 Å². The summed E-state index contributed by atoms with van der Waals surface area (Å²) in [7, 11) is 1.90. The van der Waals surface area contributed by atoms with Gasteiger partial charge in [-0.1, -0.05) is 12.1 Å². The molecule has 2 fully saturated rings. The second-order valence-electron chi connectivity index (χ2n) is 7.19. The molecule has 2 amide bonds. The second-order valence-corrected chi connectivity index (χ2v) is 8.14. The highest BCUT2D eigenvalue weighted by atomic mass is 35.5. The SMILES string of the molecule is CN(C(=O)c1cccc(NC(=O)c2cccs2)c1)C1CC2CCC(C1)N2.Cl. The van der Waals surface area contributed by atoms with Crippen molar-refractivity contribution in [2.45, 2.75) is 43.8 Å². The lowest BCUT2D eigenvalue weighted by Gasteiger charge is -2.35. The molecule has 1 aromatic heterocycles. The number of nitrogens with one attached hydrogen (secondary N) is 2. The zero-order chi connectivity index (χ0) is 18.1. The zero-order valence-electron chi connectivity index (χ0n) is 15.2. The van der Waals surface area contributed by atoms with Crippen LogP contribution in [0.15, 0.2) is 41.8 Å². The summed E-state index contributed by atoms with van der Waals surface area (Å²) in [5.74, 6) is -0.128. The summed E-state index contributed by atoms with van der Waals surface area (Å²) < 4.78 is 0. The Morgan fingerprint density at radius 2 is 1.89 bits per heavy atom. The van der Waals surface area contributed by atoms with Gasteiger partial charge in [-0.05, 0) is 55.3 Å². The Morgan fingerprint density at radius 3 is 2.56 bits per heavy atom. The molecule has 4 rings (SSSR count). The molecule has 2 unspecified atom stereocenters. The molecule has 2 N–H and O–H groups in total. The molecule has 144 valence electrons. The van der Waals surface area contributed by atoms with E-state index in [1.165, 1.54) is 24.2 Å². The van der Waals surface area contributed by atoms with Crippen molar-refractivity contribution in [3.63, 3.8) is 0 Å². The van der Waals surface area contributed by atoms with E-state index in [1.54, 1.807) is 12.1 Å². The van der Waals surface area contributed by atoms with E-state index in [-0.39, 0.29) is 30.3 Å². The topological polar surface area (TPSA) is 61.4 Å². The summed E-state index contributed by atoms with van der Waals surface area (Å²) in [4.78, 5) is 27.7. The van der Waals surface area contributed by atoms with Crippen LogP contribution in [-0.4, -0.2) is 41.9 Å². The molecule has 2 saturated heterocycles. The zero-order valence-corrected chi connectivity index (χ0v) is 16.8. The number of carbonyl (C=O) groups excluding carboxylic acids is 2. The Bertz CT molecular complexity index is 799. The van der Waals surface area contributed by atoms with Crippen LogP contribution >= 0.6 is 23.7 Å². The monoisotopic (exact) mass is 405 g/mol. The smallest absolute Gasteiger partial charge is 0.265 e. The number of hydrogen-bond donors (Lipinski definition) is 2. The molecule has 2 aliphatic rings. The van der Waals surface area contributed by atoms with E-state index >= 15 is 0 Å². The minimum Gasteiger partial charge on any atom is -0.339 e. The van der Waals surface area contributed by atoms with E-state index in [0.717, 1.165) is 12.8 Å². The number of amides is 2. The van der Waals surface area contributed by atoms with Crippen LogP contribution in [0.5, 0.6) is 0 Å². The highest BCUT2D eigenvalue weighted by molar-refractivity contribution is 7.12. The molecular formula is C20H24ClN3O2S. The number of anilines is 1. The summed E-state index contributed by atoms with van der Waals surface area (Å²) in [5.41, 5.74) is 1.26. The third-order valence-corrected chi connectivity index (χ3v) is 6.30. The number of hydrogen-bond acceptors (Lipinski definition) is 4. The lowest BCUT2D eigenvalue weighted by molar-refractivity contribution is 0.0681. The number of piperidine rings is 1. The summed E-state index contributed by atoms with van der Waals surface area (Å²) in [6.45, 7) is 0. The van der Waals surface area contributed by atoms with E-state index in [2.05, 4.69) is 10.6 Å². The molecule has 5 nitrogen and oxygen atoms in total. The van der Waals surface area contributed by atoms with Gasteiger partial charge in [-0.25, -0.2) is 0 Å². The number of nitrogens with zero attached hydrogens (tertiary/aromatic N) is 1. The minimum absolute atomic E-state index is 0. The molecule has 3 heterocycles. The summed E-state index contributed by atoms with van der Waals surface area (Å²) in [6, 6.07) is 12.2. The number of thiophene rings is 1. The number of halogens is 1. The van der Waals surface area contributed by atoms with Crippen LogP contribution in [0.25, 0.3) is 0 Å². The number of fused-ring (bicyclic) bond motifs is 2. The quantitative estimate of drug-likeness (QED) is 0.813. The maximum atomic E-state index is 12.9. The summed E-state index contributed by atoms with van der Waals surface area (Å²) in [6.07, 6.45) is 4.47. The van der Waals surface area contributed by atoms with Crippen molar-refractivity contribution >= 4 is 41.2 Å². The largest absolute Gasteiger partial charge is 0.339 e. The van der Waals surface area contributed by atoms with E-state index in [0.29, 0.717) is 28.2 Å². The van der Waals surface area contributed by atoms with Gasteiger partial charge in [0.05, 0.1) is 4.88 Å². The van der Waals surface area contributed by atoms with E-state index < -0.39 is 0 Å². The Morgan fingerprint density at radius 1 is 1.15 bits per heavy atom. The number of carbonyl (C=O) groups is 2. The first-order chi connectivity index (χ1) is 12.6. The van der Waals surface area contributed by atoms with Crippen LogP contribution in [0.2, 0.25) is 0 Å². The van der Waals surface area contributed by atoms with Gasteiger partial charge < -0.3 is 15.5 Å². The molecular weight excluding hydrogens is 382 g/mol. The van der Waals surface area contributed by atoms with Gasteiger partial charge in [0, 0.05) is 36.4 Å². The van der Waals surface area contributed by atoms with Crippen molar-refractivity contribution in [1.82, 2.24) is 10.2 Å². The van der Waals surface area contributed by atoms with Gasteiger partial charge in [0.2, 0.25) is 0 Å².